The van der Waals surface area contributed by atoms with Crippen LogP contribution in [0.4, 0.5) is 0 Å². The number of carboxylic acids is 1. The van der Waals surface area contributed by atoms with Crippen molar-refractivity contribution in [1.82, 2.24) is 9.78 Å². The van der Waals surface area contributed by atoms with Crippen LogP contribution in [0.3, 0.4) is 0 Å². The zero-order valence-electron chi connectivity index (χ0n) is 9.18. The average molecular weight is 250 g/mol. The number of aryl methyl sites for hydroxylation is 1. The number of benzene rings is 1. The number of carbonyl (C=O) groups is 1. The van der Waals surface area contributed by atoms with Crippen LogP contribution in [0.15, 0.2) is 30.3 Å². The second-order valence-corrected chi connectivity index (χ2v) is 4.15. The normalized spacial score (nSPS) is 10.5. The van der Waals surface area contributed by atoms with E-state index in [1.54, 1.807) is 19.1 Å². The lowest BCUT2D eigenvalue weighted by molar-refractivity contribution is -0.306. The van der Waals surface area contributed by atoms with Crippen molar-refractivity contribution in [3.63, 3.8) is 0 Å². The van der Waals surface area contributed by atoms with E-state index in [0.29, 0.717) is 10.7 Å². The minimum Gasteiger partial charge on any atom is -0.548 e. The van der Waals surface area contributed by atoms with Gasteiger partial charge in [0.15, 0.2) is 0 Å². The highest BCUT2D eigenvalue weighted by atomic mass is 35.5. The number of hydrogen-bond donors (Lipinski definition) is 0. The second-order valence-electron chi connectivity index (χ2n) is 3.71. The molecule has 0 unspecified atom stereocenters. The minimum atomic E-state index is -1.16. The predicted molar refractivity (Wildman–Crippen MR) is 62.4 cm³/mol. The van der Waals surface area contributed by atoms with Crippen molar-refractivity contribution in [2.45, 2.75) is 13.5 Å². The van der Waals surface area contributed by atoms with Crippen LogP contribution >= 0.6 is 11.6 Å². The van der Waals surface area contributed by atoms with Gasteiger partial charge in [0.25, 0.3) is 0 Å². The van der Waals surface area contributed by atoms with Crippen molar-refractivity contribution in [3.05, 3.63) is 41.0 Å². The monoisotopic (exact) mass is 249 g/mol. The summed E-state index contributed by atoms with van der Waals surface area (Å²) < 4.78 is 1.39. The zero-order valence-corrected chi connectivity index (χ0v) is 9.94. The quantitative estimate of drug-likeness (QED) is 0.823. The number of carboxylic acid groups (broad SMARTS) is 1. The molecule has 0 aliphatic carbocycles. The minimum absolute atomic E-state index is 0.244. The van der Waals surface area contributed by atoms with Gasteiger partial charge >= 0.3 is 0 Å². The smallest absolute Gasteiger partial charge is 0.0926 e. The van der Waals surface area contributed by atoms with Crippen LogP contribution in [0.5, 0.6) is 0 Å². The van der Waals surface area contributed by atoms with E-state index in [-0.39, 0.29) is 6.54 Å². The Bertz CT molecular complexity index is 563. The van der Waals surface area contributed by atoms with Gasteiger partial charge in [-0.1, -0.05) is 23.7 Å². The van der Waals surface area contributed by atoms with Crippen molar-refractivity contribution < 1.29 is 9.90 Å². The lowest BCUT2D eigenvalue weighted by Gasteiger charge is -2.04. The number of aromatic nitrogens is 2. The van der Waals surface area contributed by atoms with Gasteiger partial charge in [0.1, 0.15) is 0 Å². The van der Waals surface area contributed by atoms with Crippen LogP contribution in [-0.4, -0.2) is 15.7 Å². The highest BCUT2D eigenvalue weighted by Gasteiger charge is 2.06. The van der Waals surface area contributed by atoms with Crippen LogP contribution in [0, 0.1) is 6.92 Å². The van der Waals surface area contributed by atoms with Gasteiger partial charge in [-0.15, -0.1) is 0 Å². The van der Waals surface area contributed by atoms with Gasteiger partial charge in [-0.3, -0.25) is 4.68 Å². The van der Waals surface area contributed by atoms with E-state index >= 15 is 0 Å². The van der Waals surface area contributed by atoms with E-state index in [0.717, 1.165) is 11.3 Å². The molecule has 1 aromatic carbocycles. The molecule has 88 valence electrons. The number of halogens is 1. The molecule has 0 aliphatic heterocycles. The molecular formula is C12H10ClN2O2-. The van der Waals surface area contributed by atoms with Gasteiger partial charge in [0.05, 0.1) is 18.2 Å². The standard InChI is InChI=1S/C12H11ClN2O2/c1-8-5-11(14-15(8)7-12(16)17)9-3-2-4-10(13)6-9/h2-6H,7H2,1H3,(H,16,17)/p-1. The first-order valence-corrected chi connectivity index (χ1v) is 5.44. The summed E-state index contributed by atoms with van der Waals surface area (Å²) in [6.07, 6.45) is 0. The van der Waals surface area contributed by atoms with Crippen molar-refractivity contribution >= 4 is 17.6 Å². The highest BCUT2D eigenvalue weighted by molar-refractivity contribution is 6.30. The molecule has 17 heavy (non-hydrogen) atoms. The second kappa shape index (κ2) is 4.59. The molecule has 5 heteroatoms. The summed E-state index contributed by atoms with van der Waals surface area (Å²) in [5, 5.41) is 15.3. The SMILES string of the molecule is Cc1cc(-c2cccc(Cl)c2)nn1CC(=O)[O-]. The first kappa shape index (κ1) is 11.7. The van der Waals surface area contributed by atoms with Crippen LogP contribution in [0.1, 0.15) is 5.69 Å². The summed E-state index contributed by atoms with van der Waals surface area (Å²) in [5.74, 6) is -1.16. The van der Waals surface area contributed by atoms with Crippen molar-refractivity contribution in [2.75, 3.05) is 0 Å². The van der Waals surface area contributed by atoms with E-state index in [9.17, 15) is 9.90 Å². The topological polar surface area (TPSA) is 58.0 Å². The average Bonchev–Trinajstić information content (AvgIpc) is 2.59. The van der Waals surface area contributed by atoms with Gasteiger partial charge in [-0.05, 0) is 25.1 Å². The largest absolute Gasteiger partial charge is 0.548 e. The molecule has 0 radical (unpaired) electrons. The van der Waals surface area contributed by atoms with E-state index in [1.165, 1.54) is 4.68 Å². The maximum atomic E-state index is 10.5. The van der Waals surface area contributed by atoms with Crippen LogP contribution in [0.2, 0.25) is 5.02 Å². The van der Waals surface area contributed by atoms with E-state index in [2.05, 4.69) is 5.10 Å². The van der Waals surface area contributed by atoms with Gasteiger partial charge in [-0.2, -0.15) is 5.10 Å². The maximum Gasteiger partial charge on any atom is 0.0926 e. The fourth-order valence-corrected chi connectivity index (χ4v) is 1.77. The third-order valence-corrected chi connectivity index (χ3v) is 2.62. The Morgan fingerprint density at radius 2 is 2.24 bits per heavy atom. The number of hydrogen-bond acceptors (Lipinski definition) is 3. The predicted octanol–water partition coefficient (Wildman–Crippen LogP) is 1.26. The lowest BCUT2D eigenvalue weighted by Crippen LogP contribution is -2.28. The number of rotatable bonds is 3. The Hall–Kier alpha value is -1.81. The van der Waals surface area contributed by atoms with E-state index < -0.39 is 5.97 Å². The molecule has 0 saturated carbocycles. The number of nitrogens with zero attached hydrogens (tertiary/aromatic N) is 2. The van der Waals surface area contributed by atoms with E-state index in [1.807, 2.05) is 18.2 Å². The molecule has 2 rings (SSSR count). The molecule has 0 fully saturated rings. The molecule has 1 heterocycles. The first-order chi connectivity index (χ1) is 8.06. The third kappa shape index (κ3) is 2.65. The summed E-state index contributed by atoms with van der Waals surface area (Å²) >= 11 is 5.89. The Labute approximate surface area is 103 Å². The fourth-order valence-electron chi connectivity index (χ4n) is 1.58. The molecule has 0 atom stereocenters. The molecule has 2 aromatic rings. The Morgan fingerprint density at radius 1 is 1.47 bits per heavy atom. The van der Waals surface area contributed by atoms with Gasteiger partial charge in [-0.25, -0.2) is 0 Å². The molecule has 0 spiro atoms. The van der Waals surface area contributed by atoms with Crippen LogP contribution in [0.25, 0.3) is 11.3 Å². The first-order valence-electron chi connectivity index (χ1n) is 5.06. The van der Waals surface area contributed by atoms with E-state index in [4.69, 9.17) is 11.6 Å². The third-order valence-electron chi connectivity index (χ3n) is 2.38. The number of aliphatic carboxylic acids is 1. The molecule has 1 aromatic heterocycles. The molecule has 4 nitrogen and oxygen atoms in total. The molecular weight excluding hydrogens is 240 g/mol. The van der Waals surface area contributed by atoms with Crippen LogP contribution in [-0.2, 0) is 11.3 Å². The van der Waals surface area contributed by atoms with Gasteiger partial charge in [0.2, 0.25) is 0 Å². The molecule has 0 N–H and O–H groups in total. The summed E-state index contributed by atoms with van der Waals surface area (Å²) in [6, 6.07) is 9.07. The summed E-state index contributed by atoms with van der Waals surface area (Å²) in [5.41, 5.74) is 2.33. The Balaban J connectivity index is 2.37. The molecule has 0 aliphatic rings. The Morgan fingerprint density at radius 3 is 2.88 bits per heavy atom. The summed E-state index contributed by atoms with van der Waals surface area (Å²) in [6.45, 7) is 1.55. The maximum absolute atomic E-state index is 10.5. The summed E-state index contributed by atoms with van der Waals surface area (Å²) in [4.78, 5) is 10.5. The lowest BCUT2D eigenvalue weighted by atomic mass is 10.1. The highest BCUT2D eigenvalue weighted by Crippen LogP contribution is 2.22. The van der Waals surface area contributed by atoms with Gasteiger partial charge in [0, 0.05) is 16.3 Å². The number of carbonyl (C=O) groups excluding carboxylic acids is 1. The van der Waals surface area contributed by atoms with Gasteiger partial charge < -0.3 is 9.90 Å². The van der Waals surface area contributed by atoms with Crippen molar-refractivity contribution in [2.24, 2.45) is 0 Å². The molecule has 0 bridgehead atoms. The van der Waals surface area contributed by atoms with Crippen molar-refractivity contribution in [3.8, 4) is 11.3 Å². The molecule has 0 amide bonds. The Kier molecular flexibility index (Phi) is 3.15. The van der Waals surface area contributed by atoms with Crippen molar-refractivity contribution in [1.29, 1.82) is 0 Å². The fraction of sp³-hybridized carbons (Fsp3) is 0.167. The molecule has 0 saturated heterocycles. The zero-order chi connectivity index (χ0) is 12.4. The summed E-state index contributed by atoms with van der Waals surface area (Å²) in [7, 11) is 0. The van der Waals surface area contributed by atoms with Crippen LogP contribution < -0.4 is 5.11 Å².